The first-order valence-electron chi connectivity index (χ1n) is 15.6. The topological polar surface area (TPSA) is 72.0 Å². The molecule has 7 heterocycles. The Bertz CT molecular complexity index is 902. The quantitative estimate of drug-likeness (QED) is 0.513. The molecule has 0 bridgehead atoms. The number of carbonyl (C=O) groups is 2. The van der Waals surface area contributed by atoms with Crippen LogP contribution in [-0.4, -0.2) is 131 Å². The van der Waals surface area contributed by atoms with E-state index in [2.05, 4.69) is 29.6 Å². The Morgan fingerprint density at radius 1 is 0.684 bits per heavy atom. The Morgan fingerprint density at radius 2 is 1.37 bits per heavy atom. The highest BCUT2D eigenvalue weighted by Gasteiger charge is 2.75. The molecule has 0 aliphatic carbocycles. The fraction of sp³-hybridized carbons (Fsp3) is 0.929. The lowest BCUT2D eigenvalue weighted by Gasteiger charge is -2.72. The van der Waals surface area contributed by atoms with Crippen molar-refractivity contribution in [1.82, 2.24) is 29.6 Å². The number of hydrazine groups is 1. The zero-order valence-corrected chi connectivity index (χ0v) is 23.0. The second kappa shape index (κ2) is 10.3. The van der Waals surface area contributed by atoms with Gasteiger partial charge in [-0.15, -0.1) is 0 Å². The third kappa shape index (κ3) is 3.74. The lowest BCUT2D eigenvalue weighted by Crippen LogP contribution is -2.93. The number of morpholine rings is 1. The van der Waals surface area contributed by atoms with Crippen LogP contribution in [0.4, 0.5) is 0 Å². The highest BCUT2D eigenvalue weighted by molar-refractivity contribution is 5.80. The molecule has 7 rings (SSSR count). The van der Waals surface area contributed by atoms with Gasteiger partial charge in [0.1, 0.15) is 12.3 Å². The minimum atomic E-state index is -0.898. The Morgan fingerprint density at radius 3 is 1.97 bits per heavy atom. The van der Waals surface area contributed by atoms with Crippen molar-refractivity contribution in [3.8, 4) is 0 Å². The molecule has 7 aliphatic rings. The van der Waals surface area contributed by atoms with Crippen LogP contribution in [0.2, 0.25) is 0 Å². The Hall–Kier alpha value is -1.30. The molecule has 7 aliphatic heterocycles. The van der Waals surface area contributed by atoms with Crippen LogP contribution in [0.3, 0.4) is 0 Å². The molecule has 4 atom stereocenters. The summed E-state index contributed by atoms with van der Waals surface area (Å²) in [6, 6.07) is 0. The molecule has 212 valence electrons. The van der Waals surface area contributed by atoms with E-state index in [1.807, 2.05) is 0 Å². The zero-order chi connectivity index (χ0) is 25.7. The Kier molecular flexibility index (Phi) is 6.93. The van der Waals surface area contributed by atoms with Gasteiger partial charge in [0, 0.05) is 78.2 Å². The van der Waals surface area contributed by atoms with Crippen molar-refractivity contribution < 1.29 is 19.1 Å². The van der Waals surface area contributed by atoms with Gasteiger partial charge in [-0.25, -0.2) is 0 Å². The molecule has 7 fully saturated rings. The number of likely N-dealkylation sites (tertiary alicyclic amines) is 4. The van der Waals surface area contributed by atoms with Crippen LogP contribution in [0.1, 0.15) is 77.0 Å². The number of hydrogen-bond donors (Lipinski definition) is 0. The van der Waals surface area contributed by atoms with E-state index in [0.717, 1.165) is 97.2 Å². The smallest absolute Gasteiger partial charge is 0.236 e. The van der Waals surface area contributed by atoms with E-state index in [0.29, 0.717) is 32.5 Å². The maximum absolute atomic E-state index is 14.0. The first-order valence-corrected chi connectivity index (χ1v) is 15.6. The van der Waals surface area contributed by atoms with Gasteiger partial charge in [-0.1, -0.05) is 6.42 Å². The van der Waals surface area contributed by atoms with Crippen molar-refractivity contribution >= 4 is 11.8 Å². The number of piperidine rings is 2. The van der Waals surface area contributed by atoms with Gasteiger partial charge in [-0.05, 0) is 51.4 Å². The second-order valence-corrected chi connectivity index (χ2v) is 12.4. The summed E-state index contributed by atoms with van der Waals surface area (Å²) in [6.07, 6.45) is 11.4. The molecule has 10 heteroatoms. The van der Waals surface area contributed by atoms with Gasteiger partial charge >= 0.3 is 0 Å². The molecule has 0 aromatic rings. The number of carbonyl (C=O) groups excluding carboxylic acids is 2. The maximum atomic E-state index is 14.0. The fourth-order valence-electron chi connectivity index (χ4n) is 8.37. The third-order valence-electron chi connectivity index (χ3n) is 10.3. The summed E-state index contributed by atoms with van der Waals surface area (Å²) in [5.74, 6) is -0.512. The molecule has 0 saturated carbocycles. The predicted molar refractivity (Wildman–Crippen MR) is 140 cm³/mol. The van der Waals surface area contributed by atoms with Crippen molar-refractivity contribution in [3.63, 3.8) is 0 Å². The largest absolute Gasteiger partial charge is 0.373 e. The second-order valence-electron chi connectivity index (χ2n) is 12.4. The minimum absolute atomic E-state index is 0.126. The van der Waals surface area contributed by atoms with Crippen LogP contribution in [-0.2, 0) is 19.1 Å². The normalized spacial score (nSPS) is 40.5. The van der Waals surface area contributed by atoms with Gasteiger partial charge in [0.25, 0.3) is 0 Å². The minimum Gasteiger partial charge on any atom is -0.373 e. The molecule has 4 unspecified atom stereocenters. The van der Waals surface area contributed by atoms with Gasteiger partial charge < -0.3 is 14.4 Å². The molecular weight excluding hydrogens is 484 g/mol. The van der Waals surface area contributed by atoms with Crippen molar-refractivity contribution in [2.45, 2.75) is 101 Å². The summed E-state index contributed by atoms with van der Waals surface area (Å²) in [6.45, 7) is 8.47. The molecule has 2 amide bonds. The first kappa shape index (κ1) is 25.7. The Labute approximate surface area is 227 Å². The molecule has 0 spiro atoms. The van der Waals surface area contributed by atoms with Gasteiger partial charge in [-0.3, -0.25) is 29.3 Å². The van der Waals surface area contributed by atoms with Gasteiger partial charge in [0.2, 0.25) is 23.3 Å². The molecule has 0 N–H and O–H groups in total. The van der Waals surface area contributed by atoms with Crippen molar-refractivity contribution in [2.24, 2.45) is 0 Å². The lowest BCUT2D eigenvalue weighted by molar-refractivity contribution is -0.443. The maximum Gasteiger partial charge on any atom is 0.236 e. The van der Waals surface area contributed by atoms with Crippen molar-refractivity contribution in [3.05, 3.63) is 0 Å². The monoisotopic (exact) mass is 530 g/mol. The summed E-state index contributed by atoms with van der Waals surface area (Å²) < 4.78 is 14.1. The molecule has 38 heavy (non-hydrogen) atoms. The van der Waals surface area contributed by atoms with E-state index in [4.69, 9.17) is 9.47 Å². The van der Waals surface area contributed by atoms with E-state index in [9.17, 15) is 9.59 Å². The summed E-state index contributed by atoms with van der Waals surface area (Å²) in [7, 11) is 0. The number of ether oxygens (including phenoxy) is 2. The third-order valence-corrected chi connectivity index (χ3v) is 10.3. The number of nitrogens with zero attached hydrogens (tertiary/aromatic N) is 6. The highest BCUT2D eigenvalue weighted by Crippen LogP contribution is 2.54. The highest BCUT2D eigenvalue weighted by atomic mass is 16.6. The average Bonchev–Trinajstić information content (AvgIpc) is 3.55. The standard InChI is InChI=1S/C28H46N6O4/c35-24-11-8-19-32(24)28(31-17-3-1-4-18-31)27(23-12-21-37-23,30-15-6-7-16-30)38-26(29-13-9-14-29)22-34(28)33-20-5-2-10-25(33)36/h23,26H,1-22H2. The van der Waals surface area contributed by atoms with E-state index in [1.54, 1.807) is 0 Å². The SMILES string of the molecule is O=C1CCCCN1N1CC(N2CCC2)OC(C2CCO2)(N2CCCC2)C1(N1CCCCC1)N1CCCC1=O. The summed E-state index contributed by atoms with van der Waals surface area (Å²) in [4.78, 5) is 37.5. The van der Waals surface area contributed by atoms with Gasteiger partial charge in [0.15, 0.2) is 0 Å². The number of amides is 2. The fourth-order valence-corrected chi connectivity index (χ4v) is 8.37. The zero-order valence-electron chi connectivity index (χ0n) is 23.0. The lowest BCUT2D eigenvalue weighted by atomic mass is 9.84. The molecule has 7 saturated heterocycles. The van der Waals surface area contributed by atoms with Gasteiger partial charge in [0.05, 0.1) is 6.54 Å². The van der Waals surface area contributed by atoms with Crippen LogP contribution in [0, 0.1) is 0 Å². The van der Waals surface area contributed by atoms with Crippen LogP contribution < -0.4 is 0 Å². The van der Waals surface area contributed by atoms with Crippen molar-refractivity contribution in [1.29, 1.82) is 0 Å². The summed E-state index contributed by atoms with van der Waals surface area (Å²) >= 11 is 0. The predicted octanol–water partition coefficient (Wildman–Crippen LogP) is 1.62. The van der Waals surface area contributed by atoms with Gasteiger partial charge in [-0.2, -0.15) is 5.01 Å². The Balaban J connectivity index is 1.47. The van der Waals surface area contributed by atoms with Crippen molar-refractivity contribution in [2.75, 3.05) is 65.5 Å². The number of rotatable bonds is 6. The summed E-state index contributed by atoms with van der Waals surface area (Å²) in [5.41, 5.74) is -0.852. The summed E-state index contributed by atoms with van der Waals surface area (Å²) in [5, 5.41) is 4.44. The van der Waals surface area contributed by atoms with E-state index >= 15 is 0 Å². The van der Waals surface area contributed by atoms with E-state index in [1.165, 1.54) is 12.8 Å². The molecule has 0 aromatic carbocycles. The van der Waals surface area contributed by atoms with Crippen LogP contribution >= 0.6 is 0 Å². The average molecular weight is 531 g/mol. The molecule has 0 radical (unpaired) electrons. The van der Waals surface area contributed by atoms with Crippen LogP contribution in [0.5, 0.6) is 0 Å². The molecule has 0 aromatic heterocycles. The van der Waals surface area contributed by atoms with E-state index in [-0.39, 0.29) is 24.1 Å². The molecule has 10 nitrogen and oxygen atoms in total. The van der Waals surface area contributed by atoms with E-state index < -0.39 is 11.5 Å². The first-order chi connectivity index (χ1) is 18.7. The number of hydrogen-bond acceptors (Lipinski definition) is 8. The molecular formula is C28H46N6O4. The van der Waals surface area contributed by atoms with Crippen LogP contribution in [0.25, 0.3) is 0 Å². The van der Waals surface area contributed by atoms with Crippen LogP contribution in [0.15, 0.2) is 0 Å².